The fourth-order valence-corrected chi connectivity index (χ4v) is 3.02. The number of hydrogen-bond acceptors (Lipinski definition) is 5. The number of carbonyl (C=O) groups is 1. The Kier molecular flexibility index (Phi) is 5.84. The van der Waals surface area contributed by atoms with E-state index >= 15 is 0 Å². The van der Waals surface area contributed by atoms with Crippen molar-refractivity contribution in [3.05, 3.63) is 48.5 Å². The Bertz CT molecular complexity index is 742. The maximum Gasteiger partial charge on any atom is 0.260 e. The first-order valence-electron chi connectivity index (χ1n) is 8.64. The SMILES string of the molecule is COc1cccc(OCC(=O)N2CCN(c3ccccc3OC)CC2)c1. The molecule has 1 saturated heterocycles. The number of carbonyl (C=O) groups excluding carboxylic acids is 1. The zero-order chi connectivity index (χ0) is 18.4. The smallest absolute Gasteiger partial charge is 0.260 e. The Morgan fingerprint density at radius 2 is 1.65 bits per heavy atom. The van der Waals surface area contributed by atoms with Crippen molar-refractivity contribution in [1.82, 2.24) is 4.90 Å². The molecule has 138 valence electrons. The van der Waals surface area contributed by atoms with Crippen molar-refractivity contribution in [2.45, 2.75) is 0 Å². The average molecular weight is 356 g/mol. The molecule has 0 radical (unpaired) electrons. The fraction of sp³-hybridized carbons (Fsp3) is 0.350. The second-order valence-corrected chi connectivity index (χ2v) is 6.01. The monoisotopic (exact) mass is 356 g/mol. The van der Waals surface area contributed by atoms with Crippen molar-refractivity contribution in [3.8, 4) is 17.2 Å². The van der Waals surface area contributed by atoms with Crippen LogP contribution in [0.25, 0.3) is 0 Å². The van der Waals surface area contributed by atoms with E-state index in [9.17, 15) is 4.79 Å². The van der Waals surface area contributed by atoms with Crippen molar-refractivity contribution >= 4 is 11.6 Å². The number of para-hydroxylation sites is 2. The second-order valence-electron chi connectivity index (χ2n) is 6.01. The minimum atomic E-state index is -0.00695. The van der Waals surface area contributed by atoms with Crippen LogP contribution in [0.15, 0.2) is 48.5 Å². The van der Waals surface area contributed by atoms with Gasteiger partial charge in [-0.25, -0.2) is 0 Å². The molecule has 0 aromatic heterocycles. The number of piperazine rings is 1. The van der Waals surface area contributed by atoms with Gasteiger partial charge < -0.3 is 24.0 Å². The van der Waals surface area contributed by atoms with Crippen molar-refractivity contribution in [2.24, 2.45) is 0 Å². The summed E-state index contributed by atoms with van der Waals surface area (Å²) in [5.74, 6) is 2.19. The predicted molar refractivity (Wildman–Crippen MR) is 100 cm³/mol. The number of anilines is 1. The van der Waals surface area contributed by atoms with Gasteiger partial charge in [0.1, 0.15) is 17.2 Å². The Balaban J connectivity index is 1.52. The fourth-order valence-electron chi connectivity index (χ4n) is 3.02. The first-order chi connectivity index (χ1) is 12.7. The molecule has 1 heterocycles. The van der Waals surface area contributed by atoms with Crippen molar-refractivity contribution in [1.29, 1.82) is 0 Å². The van der Waals surface area contributed by atoms with Crippen molar-refractivity contribution in [3.63, 3.8) is 0 Å². The summed E-state index contributed by atoms with van der Waals surface area (Å²) in [4.78, 5) is 16.5. The number of rotatable bonds is 6. The van der Waals surface area contributed by atoms with Crippen molar-refractivity contribution in [2.75, 3.05) is 51.9 Å². The maximum absolute atomic E-state index is 12.4. The molecule has 0 atom stereocenters. The molecule has 1 aliphatic rings. The van der Waals surface area contributed by atoms with Crippen molar-refractivity contribution < 1.29 is 19.0 Å². The van der Waals surface area contributed by atoms with E-state index in [4.69, 9.17) is 14.2 Å². The third-order valence-electron chi connectivity index (χ3n) is 4.46. The lowest BCUT2D eigenvalue weighted by Crippen LogP contribution is -2.50. The molecule has 0 saturated carbocycles. The van der Waals surface area contributed by atoms with Gasteiger partial charge in [0.05, 0.1) is 19.9 Å². The summed E-state index contributed by atoms with van der Waals surface area (Å²) >= 11 is 0. The Hall–Kier alpha value is -2.89. The molecule has 1 amide bonds. The van der Waals surface area contributed by atoms with Crippen LogP contribution in [0.1, 0.15) is 0 Å². The van der Waals surface area contributed by atoms with E-state index in [0.717, 1.165) is 24.5 Å². The van der Waals surface area contributed by atoms with E-state index in [2.05, 4.69) is 4.90 Å². The predicted octanol–water partition coefficient (Wildman–Crippen LogP) is 2.43. The lowest BCUT2D eigenvalue weighted by atomic mass is 10.2. The Morgan fingerprint density at radius 1 is 0.923 bits per heavy atom. The Morgan fingerprint density at radius 3 is 2.38 bits per heavy atom. The lowest BCUT2D eigenvalue weighted by Gasteiger charge is -2.36. The van der Waals surface area contributed by atoms with Crippen LogP contribution >= 0.6 is 0 Å². The van der Waals surface area contributed by atoms with Gasteiger partial charge in [-0.3, -0.25) is 4.79 Å². The molecule has 0 aliphatic carbocycles. The minimum Gasteiger partial charge on any atom is -0.497 e. The summed E-state index contributed by atoms with van der Waals surface area (Å²) in [6, 6.07) is 15.2. The zero-order valence-electron chi connectivity index (χ0n) is 15.2. The summed E-state index contributed by atoms with van der Waals surface area (Å²) < 4.78 is 16.2. The molecule has 1 fully saturated rings. The zero-order valence-corrected chi connectivity index (χ0v) is 15.2. The third kappa shape index (κ3) is 4.20. The summed E-state index contributed by atoms with van der Waals surface area (Å²) in [6.45, 7) is 2.90. The normalized spacial score (nSPS) is 14.1. The molecule has 1 aliphatic heterocycles. The number of ether oxygens (including phenoxy) is 3. The largest absolute Gasteiger partial charge is 0.497 e. The van der Waals surface area contributed by atoms with Crippen LogP contribution in [-0.4, -0.2) is 57.8 Å². The van der Waals surface area contributed by atoms with Gasteiger partial charge in [-0.1, -0.05) is 18.2 Å². The van der Waals surface area contributed by atoms with E-state index in [1.54, 1.807) is 20.3 Å². The molecule has 2 aromatic carbocycles. The average Bonchev–Trinajstić information content (AvgIpc) is 2.72. The van der Waals surface area contributed by atoms with E-state index in [-0.39, 0.29) is 12.5 Å². The molecule has 0 N–H and O–H groups in total. The summed E-state index contributed by atoms with van der Waals surface area (Å²) in [6.07, 6.45) is 0. The van der Waals surface area contributed by atoms with Gasteiger partial charge in [-0.05, 0) is 24.3 Å². The molecule has 3 rings (SSSR count). The molecule has 26 heavy (non-hydrogen) atoms. The third-order valence-corrected chi connectivity index (χ3v) is 4.46. The molecular weight excluding hydrogens is 332 g/mol. The summed E-state index contributed by atoms with van der Waals surface area (Å²) in [5.41, 5.74) is 1.06. The molecular formula is C20H24N2O4. The summed E-state index contributed by atoms with van der Waals surface area (Å²) in [5, 5.41) is 0. The lowest BCUT2D eigenvalue weighted by molar-refractivity contribution is -0.133. The molecule has 6 heteroatoms. The molecule has 0 bridgehead atoms. The first-order valence-corrected chi connectivity index (χ1v) is 8.64. The number of nitrogens with zero attached hydrogens (tertiary/aromatic N) is 2. The van der Waals surface area contributed by atoms with Crippen LogP contribution in [0.4, 0.5) is 5.69 Å². The van der Waals surface area contributed by atoms with Crippen LogP contribution < -0.4 is 19.1 Å². The molecule has 0 spiro atoms. The number of hydrogen-bond donors (Lipinski definition) is 0. The second kappa shape index (κ2) is 8.47. The number of amides is 1. The highest BCUT2D eigenvalue weighted by atomic mass is 16.5. The highest BCUT2D eigenvalue weighted by Gasteiger charge is 2.23. The van der Waals surface area contributed by atoms with Gasteiger partial charge in [-0.2, -0.15) is 0 Å². The van der Waals surface area contributed by atoms with Crippen LogP contribution in [0, 0.1) is 0 Å². The van der Waals surface area contributed by atoms with E-state index in [0.29, 0.717) is 24.6 Å². The van der Waals surface area contributed by atoms with E-state index in [1.165, 1.54) is 0 Å². The summed E-state index contributed by atoms with van der Waals surface area (Å²) in [7, 11) is 3.28. The van der Waals surface area contributed by atoms with Gasteiger partial charge in [0.25, 0.3) is 5.91 Å². The van der Waals surface area contributed by atoms with Crippen LogP contribution in [-0.2, 0) is 4.79 Å². The van der Waals surface area contributed by atoms with Gasteiger partial charge in [0, 0.05) is 32.2 Å². The van der Waals surface area contributed by atoms with Crippen LogP contribution in [0.3, 0.4) is 0 Å². The topological polar surface area (TPSA) is 51.2 Å². The highest BCUT2D eigenvalue weighted by molar-refractivity contribution is 5.78. The number of methoxy groups -OCH3 is 2. The molecule has 6 nitrogen and oxygen atoms in total. The van der Waals surface area contributed by atoms with Gasteiger partial charge in [0.2, 0.25) is 0 Å². The number of benzene rings is 2. The van der Waals surface area contributed by atoms with E-state index < -0.39 is 0 Å². The minimum absolute atomic E-state index is 0.00695. The Labute approximate surface area is 153 Å². The maximum atomic E-state index is 12.4. The standard InChI is InChI=1S/C20H24N2O4/c1-24-16-6-5-7-17(14-16)26-15-20(23)22-12-10-21(11-13-22)18-8-3-4-9-19(18)25-2/h3-9,14H,10-13,15H2,1-2H3. The van der Waals surface area contributed by atoms with Crippen LogP contribution in [0.5, 0.6) is 17.2 Å². The molecule has 0 unspecified atom stereocenters. The van der Waals surface area contributed by atoms with Crippen LogP contribution in [0.2, 0.25) is 0 Å². The van der Waals surface area contributed by atoms with Gasteiger partial charge >= 0.3 is 0 Å². The molecule has 2 aromatic rings. The van der Waals surface area contributed by atoms with Gasteiger partial charge in [-0.15, -0.1) is 0 Å². The highest BCUT2D eigenvalue weighted by Crippen LogP contribution is 2.28. The van der Waals surface area contributed by atoms with E-state index in [1.807, 2.05) is 47.4 Å². The van der Waals surface area contributed by atoms with Gasteiger partial charge in [0.15, 0.2) is 6.61 Å². The first kappa shape index (κ1) is 17.9. The quantitative estimate of drug-likeness (QED) is 0.796.